The van der Waals surface area contributed by atoms with Crippen LogP contribution in [0.25, 0.3) is 0 Å². The summed E-state index contributed by atoms with van der Waals surface area (Å²) in [5, 5.41) is 9.30. The topological polar surface area (TPSA) is 136 Å². The number of nitrogens with one attached hydrogen (secondary N) is 2. The van der Waals surface area contributed by atoms with E-state index in [2.05, 4.69) is 15.8 Å². The van der Waals surface area contributed by atoms with Crippen molar-refractivity contribution in [2.75, 3.05) is 19.5 Å². The van der Waals surface area contributed by atoms with E-state index in [0.717, 1.165) is 0 Å². The number of methoxy groups -OCH3 is 2. The van der Waals surface area contributed by atoms with Gasteiger partial charge in [0.25, 0.3) is 0 Å². The van der Waals surface area contributed by atoms with Crippen LogP contribution in [-0.2, 0) is 20.9 Å². The monoisotopic (exact) mass is 526 g/mol. The van der Waals surface area contributed by atoms with E-state index in [0.29, 0.717) is 28.6 Å². The fraction of sp³-hybridized carbons (Fsp3) is 0.407. The first-order valence-electron chi connectivity index (χ1n) is 12.1. The fourth-order valence-corrected chi connectivity index (χ4v) is 3.90. The average molecular weight is 527 g/mol. The molecule has 11 heteroatoms. The lowest BCUT2D eigenvalue weighted by molar-refractivity contribution is -0.143. The van der Waals surface area contributed by atoms with Gasteiger partial charge in [-0.3, -0.25) is 14.4 Å². The number of nitrogens with zero attached hydrogens (tertiary/aromatic N) is 2. The third-order valence-electron chi connectivity index (χ3n) is 5.47. The van der Waals surface area contributed by atoms with Crippen LogP contribution in [0.5, 0.6) is 11.5 Å². The van der Waals surface area contributed by atoms with Crippen LogP contribution in [0.1, 0.15) is 56.7 Å². The highest BCUT2D eigenvalue weighted by molar-refractivity contribution is 5.94. The third-order valence-corrected chi connectivity index (χ3v) is 5.47. The number of aryl methyl sites for hydroxylation is 1. The molecule has 0 aliphatic rings. The van der Waals surface area contributed by atoms with Crippen molar-refractivity contribution in [2.45, 2.75) is 58.7 Å². The lowest BCUT2D eigenvalue weighted by Crippen LogP contribution is -2.49. The van der Waals surface area contributed by atoms with Crippen molar-refractivity contribution in [1.82, 2.24) is 15.4 Å². The number of furan rings is 1. The van der Waals surface area contributed by atoms with Crippen molar-refractivity contribution in [3.8, 4) is 11.5 Å². The maximum absolute atomic E-state index is 13.8. The zero-order valence-corrected chi connectivity index (χ0v) is 22.5. The average Bonchev–Trinajstić information content (AvgIpc) is 3.52. The Labute approximate surface area is 221 Å². The fourth-order valence-electron chi connectivity index (χ4n) is 3.90. The Morgan fingerprint density at radius 1 is 1.08 bits per heavy atom. The van der Waals surface area contributed by atoms with Gasteiger partial charge >= 0.3 is 0 Å². The molecule has 0 fully saturated rings. The molecule has 0 aliphatic heterocycles. The van der Waals surface area contributed by atoms with Gasteiger partial charge in [0.15, 0.2) is 17.3 Å². The molecule has 3 rings (SSSR count). The summed E-state index contributed by atoms with van der Waals surface area (Å²) < 4.78 is 21.5. The van der Waals surface area contributed by atoms with Crippen molar-refractivity contribution in [3.05, 3.63) is 59.7 Å². The standard InChI is InChI=1S/C27H34N4O7/c1-17-15-21(30-38-17)28-22(32)12-13-23(33)31(16-18-9-8-14-37-18)24(26(34)29-27(2,3)4)19-10-7-11-20(35-5)25(19)36-6/h7-11,14-15,24H,12-13,16H2,1-6H3,(H,29,34)(H,28,30,32)/t24-/m0/s1. The van der Waals surface area contributed by atoms with E-state index in [4.69, 9.17) is 18.4 Å². The summed E-state index contributed by atoms with van der Waals surface area (Å²) in [4.78, 5) is 41.3. The van der Waals surface area contributed by atoms with Gasteiger partial charge in [-0.25, -0.2) is 0 Å². The molecule has 2 heterocycles. The van der Waals surface area contributed by atoms with Gasteiger partial charge in [-0.1, -0.05) is 17.3 Å². The highest BCUT2D eigenvalue weighted by Gasteiger charge is 2.36. The molecule has 11 nitrogen and oxygen atoms in total. The summed E-state index contributed by atoms with van der Waals surface area (Å²) in [6.07, 6.45) is 1.18. The molecule has 0 saturated heterocycles. The molecule has 38 heavy (non-hydrogen) atoms. The number of aromatic nitrogens is 1. The minimum atomic E-state index is -1.11. The van der Waals surface area contributed by atoms with E-state index in [-0.39, 0.29) is 25.2 Å². The number of hydrogen-bond donors (Lipinski definition) is 2. The predicted octanol–water partition coefficient (Wildman–Crippen LogP) is 4.00. The molecule has 2 N–H and O–H groups in total. The second-order valence-electron chi connectivity index (χ2n) is 9.70. The molecular formula is C27H34N4O7. The largest absolute Gasteiger partial charge is 0.493 e. The summed E-state index contributed by atoms with van der Waals surface area (Å²) in [5.74, 6) is 0.720. The molecule has 0 aliphatic carbocycles. The molecule has 2 aromatic heterocycles. The zero-order valence-electron chi connectivity index (χ0n) is 22.5. The molecule has 0 spiro atoms. The number of hydrogen-bond acceptors (Lipinski definition) is 8. The molecule has 1 aromatic carbocycles. The Morgan fingerprint density at radius 2 is 1.84 bits per heavy atom. The van der Waals surface area contributed by atoms with Crippen LogP contribution in [0.4, 0.5) is 5.82 Å². The second-order valence-corrected chi connectivity index (χ2v) is 9.70. The number of rotatable bonds is 11. The first-order chi connectivity index (χ1) is 18.0. The Hall–Kier alpha value is -4.28. The maximum Gasteiger partial charge on any atom is 0.248 e. The van der Waals surface area contributed by atoms with Crippen LogP contribution < -0.4 is 20.1 Å². The van der Waals surface area contributed by atoms with Gasteiger partial charge in [0.1, 0.15) is 17.6 Å². The number of para-hydroxylation sites is 1. The molecule has 1 atom stereocenters. The smallest absolute Gasteiger partial charge is 0.248 e. The van der Waals surface area contributed by atoms with Gasteiger partial charge in [0.05, 0.1) is 27.0 Å². The molecule has 0 saturated carbocycles. The van der Waals surface area contributed by atoms with Crippen molar-refractivity contribution in [2.24, 2.45) is 0 Å². The Balaban J connectivity index is 1.97. The van der Waals surface area contributed by atoms with E-state index in [1.807, 2.05) is 20.8 Å². The highest BCUT2D eigenvalue weighted by atomic mass is 16.5. The molecular weight excluding hydrogens is 492 g/mol. The van der Waals surface area contributed by atoms with Crippen molar-refractivity contribution in [1.29, 1.82) is 0 Å². The molecule has 0 bridgehead atoms. The Bertz CT molecular complexity index is 1240. The van der Waals surface area contributed by atoms with E-state index < -0.39 is 29.3 Å². The van der Waals surface area contributed by atoms with Gasteiger partial charge in [-0.15, -0.1) is 0 Å². The minimum Gasteiger partial charge on any atom is -0.493 e. The Kier molecular flexibility index (Phi) is 9.16. The van der Waals surface area contributed by atoms with Crippen LogP contribution in [0.15, 0.2) is 51.6 Å². The SMILES string of the molecule is COc1cccc([C@@H](C(=O)NC(C)(C)C)N(Cc2ccco2)C(=O)CCC(=O)Nc2cc(C)on2)c1OC. The molecule has 3 aromatic rings. The van der Waals surface area contributed by atoms with E-state index >= 15 is 0 Å². The summed E-state index contributed by atoms with van der Waals surface area (Å²) in [6, 6.07) is 9.00. The van der Waals surface area contributed by atoms with Crippen molar-refractivity contribution < 1.29 is 32.8 Å². The van der Waals surface area contributed by atoms with Crippen LogP contribution >= 0.6 is 0 Å². The van der Waals surface area contributed by atoms with E-state index in [9.17, 15) is 14.4 Å². The lowest BCUT2D eigenvalue weighted by Gasteiger charge is -2.34. The number of amides is 3. The molecule has 0 radical (unpaired) electrons. The number of anilines is 1. The summed E-state index contributed by atoms with van der Waals surface area (Å²) in [6.45, 7) is 7.23. The Morgan fingerprint density at radius 3 is 2.42 bits per heavy atom. The maximum atomic E-state index is 13.8. The molecule has 0 unspecified atom stereocenters. The number of benzene rings is 1. The van der Waals surface area contributed by atoms with Crippen molar-refractivity contribution >= 4 is 23.5 Å². The normalized spacial score (nSPS) is 11.9. The van der Waals surface area contributed by atoms with Gasteiger partial charge in [-0.2, -0.15) is 0 Å². The van der Waals surface area contributed by atoms with E-state index in [1.54, 1.807) is 43.3 Å². The van der Waals surface area contributed by atoms with Gasteiger partial charge in [0, 0.05) is 30.0 Å². The van der Waals surface area contributed by atoms with Crippen LogP contribution in [-0.4, -0.2) is 47.5 Å². The number of carbonyl (C=O) groups excluding carboxylic acids is 3. The van der Waals surface area contributed by atoms with Gasteiger partial charge in [-0.05, 0) is 45.9 Å². The number of carbonyl (C=O) groups is 3. The molecule has 204 valence electrons. The second kappa shape index (κ2) is 12.3. The summed E-state index contributed by atoms with van der Waals surface area (Å²) >= 11 is 0. The predicted molar refractivity (Wildman–Crippen MR) is 139 cm³/mol. The third kappa shape index (κ3) is 7.37. The van der Waals surface area contributed by atoms with Crippen LogP contribution in [0.3, 0.4) is 0 Å². The van der Waals surface area contributed by atoms with Gasteiger partial charge in [0.2, 0.25) is 17.7 Å². The summed E-state index contributed by atoms with van der Waals surface area (Å²) in [5.41, 5.74) is -0.160. The van der Waals surface area contributed by atoms with Crippen LogP contribution in [0.2, 0.25) is 0 Å². The van der Waals surface area contributed by atoms with Gasteiger partial charge < -0.3 is 33.9 Å². The van der Waals surface area contributed by atoms with E-state index in [1.165, 1.54) is 25.4 Å². The van der Waals surface area contributed by atoms with Crippen molar-refractivity contribution in [3.63, 3.8) is 0 Å². The quantitative estimate of drug-likeness (QED) is 0.383. The minimum absolute atomic E-state index is 0.0154. The number of ether oxygens (including phenoxy) is 2. The first-order valence-corrected chi connectivity index (χ1v) is 12.1. The molecule has 3 amide bonds. The first kappa shape index (κ1) is 28.3. The zero-order chi connectivity index (χ0) is 27.9. The lowest BCUT2D eigenvalue weighted by atomic mass is 9.99. The van der Waals surface area contributed by atoms with Crippen LogP contribution in [0, 0.1) is 6.92 Å². The highest BCUT2D eigenvalue weighted by Crippen LogP contribution is 2.38. The summed E-state index contributed by atoms with van der Waals surface area (Å²) in [7, 11) is 2.96.